The van der Waals surface area contributed by atoms with Gasteiger partial charge in [0, 0.05) is 12.5 Å². The molecule has 1 atom stereocenters. The number of hydrogen-bond donors (Lipinski definition) is 1. The summed E-state index contributed by atoms with van der Waals surface area (Å²) in [5, 5.41) is 7.58. The Morgan fingerprint density at radius 2 is 2.35 bits per heavy atom. The Labute approximate surface area is 98.7 Å². The third-order valence-electron chi connectivity index (χ3n) is 2.41. The maximum absolute atomic E-state index is 11.9. The van der Waals surface area contributed by atoms with Crippen molar-refractivity contribution in [2.24, 2.45) is 0 Å². The summed E-state index contributed by atoms with van der Waals surface area (Å²) >= 11 is 0. The third-order valence-corrected chi connectivity index (χ3v) is 2.41. The zero-order valence-corrected chi connectivity index (χ0v) is 9.77. The smallest absolute Gasteiger partial charge is 0.340 e. The molecular weight excluding hydrogens is 220 g/mol. The topological polar surface area (TPSA) is 64.2 Å². The van der Waals surface area contributed by atoms with Crippen LogP contribution in [0.2, 0.25) is 0 Å². The highest BCUT2D eigenvalue weighted by Crippen LogP contribution is 2.16. The minimum atomic E-state index is -0.371. The first kappa shape index (κ1) is 11.6. The van der Waals surface area contributed by atoms with E-state index in [0.29, 0.717) is 17.7 Å². The number of ether oxygens (including phenoxy) is 2. The summed E-state index contributed by atoms with van der Waals surface area (Å²) in [5.41, 5.74) is 1.19. The molecule has 1 unspecified atom stereocenters. The number of nitrogens with one attached hydrogen (secondary N) is 1. The first-order chi connectivity index (χ1) is 8.22. The van der Waals surface area contributed by atoms with Gasteiger partial charge in [0.15, 0.2) is 0 Å². The lowest BCUT2D eigenvalue weighted by Crippen LogP contribution is -2.19. The van der Waals surface area contributed by atoms with Crippen LogP contribution in [0, 0.1) is 0 Å². The Hall–Kier alpha value is -1.88. The van der Waals surface area contributed by atoms with Crippen molar-refractivity contribution in [2.45, 2.75) is 13.0 Å². The van der Waals surface area contributed by atoms with Crippen LogP contribution in [0.4, 0.5) is 0 Å². The SMILES string of the molecule is COCC(C)OC(=O)c1cccc2cn[nH]c12. The molecule has 1 aromatic carbocycles. The van der Waals surface area contributed by atoms with Crippen molar-refractivity contribution in [3.8, 4) is 0 Å². The van der Waals surface area contributed by atoms with Gasteiger partial charge in [0.05, 0.1) is 23.9 Å². The lowest BCUT2D eigenvalue weighted by atomic mass is 10.1. The average Bonchev–Trinajstić information content (AvgIpc) is 2.76. The van der Waals surface area contributed by atoms with Crippen molar-refractivity contribution in [3.05, 3.63) is 30.0 Å². The van der Waals surface area contributed by atoms with Gasteiger partial charge in [-0.2, -0.15) is 5.10 Å². The molecule has 0 spiro atoms. The van der Waals surface area contributed by atoms with Crippen molar-refractivity contribution in [1.82, 2.24) is 10.2 Å². The van der Waals surface area contributed by atoms with E-state index in [1.165, 1.54) is 0 Å². The van der Waals surface area contributed by atoms with E-state index in [1.54, 1.807) is 32.4 Å². The van der Waals surface area contributed by atoms with Crippen LogP contribution in [0.3, 0.4) is 0 Å². The van der Waals surface area contributed by atoms with E-state index < -0.39 is 0 Å². The molecule has 2 rings (SSSR count). The molecule has 1 heterocycles. The Balaban J connectivity index is 2.21. The molecule has 2 aromatic rings. The number of hydrogen-bond acceptors (Lipinski definition) is 4. The molecule has 1 N–H and O–H groups in total. The predicted octanol–water partition coefficient (Wildman–Crippen LogP) is 1.75. The normalized spacial score (nSPS) is 12.6. The van der Waals surface area contributed by atoms with Crippen LogP contribution in [0.1, 0.15) is 17.3 Å². The van der Waals surface area contributed by atoms with E-state index in [4.69, 9.17) is 9.47 Å². The fraction of sp³-hybridized carbons (Fsp3) is 0.333. The predicted molar refractivity (Wildman–Crippen MR) is 62.8 cm³/mol. The second-order valence-electron chi connectivity index (χ2n) is 3.81. The first-order valence-corrected chi connectivity index (χ1v) is 5.34. The number of para-hydroxylation sites is 1. The van der Waals surface area contributed by atoms with E-state index in [9.17, 15) is 4.79 Å². The summed E-state index contributed by atoms with van der Waals surface area (Å²) in [5.74, 6) is -0.371. The van der Waals surface area contributed by atoms with Crippen molar-refractivity contribution < 1.29 is 14.3 Å². The van der Waals surface area contributed by atoms with Gasteiger partial charge in [-0.05, 0) is 13.0 Å². The zero-order chi connectivity index (χ0) is 12.3. The molecule has 5 nitrogen and oxygen atoms in total. The molecule has 1 aromatic heterocycles. The maximum atomic E-state index is 11.9. The Morgan fingerprint density at radius 3 is 3.12 bits per heavy atom. The zero-order valence-electron chi connectivity index (χ0n) is 9.77. The van der Waals surface area contributed by atoms with E-state index >= 15 is 0 Å². The highest BCUT2D eigenvalue weighted by Gasteiger charge is 2.15. The van der Waals surface area contributed by atoms with Crippen LogP contribution in [0.5, 0.6) is 0 Å². The number of rotatable bonds is 4. The number of aromatic nitrogens is 2. The highest BCUT2D eigenvalue weighted by atomic mass is 16.6. The highest BCUT2D eigenvalue weighted by molar-refractivity contribution is 6.02. The molecular formula is C12H14N2O3. The molecule has 0 aliphatic rings. The molecule has 0 bridgehead atoms. The number of benzene rings is 1. The van der Waals surface area contributed by atoms with Crippen LogP contribution in [0.25, 0.3) is 10.9 Å². The van der Waals surface area contributed by atoms with Crippen molar-refractivity contribution >= 4 is 16.9 Å². The van der Waals surface area contributed by atoms with Gasteiger partial charge in [0.1, 0.15) is 6.10 Å². The quantitative estimate of drug-likeness (QED) is 0.818. The van der Waals surface area contributed by atoms with E-state index in [-0.39, 0.29) is 12.1 Å². The number of carbonyl (C=O) groups excluding carboxylic acids is 1. The van der Waals surface area contributed by atoms with Gasteiger partial charge in [0.2, 0.25) is 0 Å². The molecule has 5 heteroatoms. The maximum Gasteiger partial charge on any atom is 0.340 e. The van der Waals surface area contributed by atoms with Gasteiger partial charge in [0.25, 0.3) is 0 Å². The minimum absolute atomic E-state index is 0.273. The fourth-order valence-electron chi connectivity index (χ4n) is 1.65. The molecule has 0 saturated carbocycles. The summed E-state index contributed by atoms with van der Waals surface area (Å²) in [6, 6.07) is 5.39. The summed E-state index contributed by atoms with van der Waals surface area (Å²) in [7, 11) is 1.57. The molecule has 0 saturated heterocycles. The van der Waals surface area contributed by atoms with Crippen LogP contribution >= 0.6 is 0 Å². The van der Waals surface area contributed by atoms with E-state index in [1.807, 2.05) is 6.07 Å². The van der Waals surface area contributed by atoms with Crippen LogP contribution in [-0.2, 0) is 9.47 Å². The van der Waals surface area contributed by atoms with Crippen molar-refractivity contribution in [1.29, 1.82) is 0 Å². The van der Waals surface area contributed by atoms with Crippen LogP contribution in [-0.4, -0.2) is 36.0 Å². The van der Waals surface area contributed by atoms with Gasteiger partial charge in [-0.1, -0.05) is 12.1 Å². The van der Waals surface area contributed by atoms with Gasteiger partial charge >= 0.3 is 5.97 Å². The summed E-state index contributed by atoms with van der Waals surface area (Å²) in [4.78, 5) is 11.9. The Morgan fingerprint density at radius 1 is 1.53 bits per heavy atom. The van der Waals surface area contributed by atoms with Crippen molar-refractivity contribution in [2.75, 3.05) is 13.7 Å². The summed E-state index contributed by atoms with van der Waals surface area (Å²) < 4.78 is 10.2. The van der Waals surface area contributed by atoms with E-state index in [0.717, 1.165) is 5.39 Å². The number of aromatic amines is 1. The van der Waals surface area contributed by atoms with Gasteiger partial charge in [-0.25, -0.2) is 4.79 Å². The monoisotopic (exact) mass is 234 g/mol. The molecule has 90 valence electrons. The standard InChI is InChI=1S/C12H14N2O3/c1-8(7-16-2)17-12(15)10-5-3-4-9-6-13-14-11(9)10/h3-6,8H,7H2,1-2H3,(H,13,14). The largest absolute Gasteiger partial charge is 0.457 e. The lowest BCUT2D eigenvalue weighted by Gasteiger charge is -2.12. The second kappa shape index (κ2) is 4.97. The Bertz CT molecular complexity index is 521. The number of H-pyrrole nitrogens is 1. The molecule has 0 radical (unpaired) electrons. The number of methoxy groups -OCH3 is 1. The van der Waals surface area contributed by atoms with Gasteiger partial charge in [-0.15, -0.1) is 0 Å². The number of nitrogens with zero attached hydrogens (tertiary/aromatic N) is 1. The lowest BCUT2D eigenvalue weighted by molar-refractivity contribution is 0.0122. The number of fused-ring (bicyclic) bond motifs is 1. The van der Waals surface area contributed by atoms with Crippen molar-refractivity contribution in [3.63, 3.8) is 0 Å². The summed E-state index contributed by atoms with van der Waals surface area (Å²) in [6.07, 6.45) is 1.40. The van der Waals surface area contributed by atoms with Gasteiger partial charge in [-0.3, -0.25) is 5.10 Å². The molecule has 0 aliphatic carbocycles. The summed E-state index contributed by atoms with van der Waals surface area (Å²) in [6.45, 7) is 2.17. The molecule has 0 aliphatic heterocycles. The fourth-order valence-corrected chi connectivity index (χ4v) is 1.65. The van der Waals surface area contributed by atoms with Crippen LogP contribution in [0.15, 0.2) is 24.4 Å². The second-order valence-corrected chi connectivity index (χ2v) is 3.81. The van der Waals surface area contributed by atoms with Gasteiger partial charge < -0.3 is 9.47 Å². The first-order valence-electron chi connectivity index (χ1n) is 5.34. The molecule has 0 fully saturated rings. The third kappa shape index (κ3) is 2.45. The molecule has 17 heavy (non-hydrogen) atoms. The molecule has 0 amide bonds. The van der Waals surface area contributed by atoms with E-state index in [2.05, 4.69) is 10.2 Å². The van der Waals surface area contributed by atoms with Crippen LogP contribution < -0.4 is 0 Å². The number of esters is 1. The minimum Gasteiger partial charge on any atom is -0.457 e. The average molecular weight is 234 g/mol. The Kier molecular flexibility index (Phi) is 3.39. The number of carbonyl (C=O) groups is 1.